The van der Waals surface area contributed by atoms with E-state index in [-0.39, 0.29) is 5.91 Å². The molecule has 166 valence electrons. The standard InChI is InChI=1S/C25H29N5O2/c1-28-11-10-24(27-28)26-21-7-6-19-9-13-30(25(32)23(19)14-21)17-22(31)16-29-12-8-18-4-2-3-5-20(18)15-29/h2-7,10-11,14,22,31H,8-9,12-13,15-17H2,1H3,(H,26,27). The average Bonchev–Trinajstić information content (AvgIpc) is 3.20. The van der Waals surface area contributed by atoms with Gasteiger partial charge in [0, 0.05) is 63.3 Å². The first-order valence-corrected chi connectivity index (χ1v) is 11.2. The van der Waals surface area contributed by atoms with E-state index in [1.165, 1.54) is 11.1 Å². The third kappa shape index (κ3) is 4.40. The van der Waals surface area contributed by atoms with Gasteiger partial charge >= 0.3 is 0 Å². The minimum atomic E-state index is -0.569. The van der Waals surface area contributed by atoms with Crippen molar-refractivity contribution >= 4 is 17.4 Å². The van der Waals surface area contributed by atoms with E-state index in [0.717, 1.165) is 43.0 Å². The number of rotatable bonds is 6. The number of aliphatic hydroxyl groups is 1. The molecule has 3 aromatic rings. The molecule has 2 N–H and O–H groups in total. The van der Waals surface area contributed by atoms with E-state index in [0.29, 0.717) is 25.2 Å². The second-order valence-corrected chi connectivity index (χ2v) is 8.78. The SMILES string of the molecule is Cn1ccc(Nc2ccc3c(c2)C(=O)N(CC(O)CN2CCc4ccccc4C2)CC3)n1. The van der Waals surface area contributed by atoms with E-state index >= 15 is 0 Å². The van der Waals surface area contributed by atoms with Crippen LogP contribution in [0.5, 0.6) is 0 Å². The van der Waals surface area contributed by atoms with Gasteiger partial charge in [0.15, 0.2) is 5.82 Å². The molecule has 0 fully saturated rings. The Hall–Kier alpha value is -3.16. The van der Waals surface area contributed by atoms with E-state index in [2.05, 4.69) is 39.6 Å². The highest BCUT2D eigenvalue weighted by Crippen LogP contribution is 2.25. The van der Waals surface area contributed by atoms with Crippen LogP contribution in [0.1, 0.15) is 27.0 Å². The third-order valence-corrected chi connectivity index (χ3v) is 6.37. The lowest BCUT2D eigenvalue weighted by Gasteiger charge is -2.34. The first-order valence-electron chi connectivity index (χ1n) is 11.2. The van der Waals surface area contributed by atoms with Gasteiger partial charge in [-0.05, 0) is 41.7 Å². The molecular weight excluding hydrogens is 402 g/mol. The quantitative estimate of drug-likeness (QED) is 0.628. The first kappa shape index (κ1) is 20.7. The number of aromatic nitrogens is 2. The normalized spacial score (nSPS) is 17.1. The Morgan fingerprint density at radius 1 is 1.03 bits per heavy atom. The molecule has 2 aromatic carbocycles. The first-order chi connectivity index (χ1) is 15.5. The molecule has 0 aliphatic carbocycles. The van der Waals surface area contributed by atoms with Crippen molar-refractivity contribution in [3.63, 3.8) is 0 Å². The average molecular weight is 432 g/mol. The number of carbonyl (C=O) groups excluding carboxylic acids is 1. The maximum absolute atomic E-state index is 13.2. The third-order valence-electron chi connectivity index (χ3n) is 6.37. The van der Waals surface area contributed by atoms with E-state index in [1.807, 2.05) is 37.5 Å². The molecule has 5 rings (SSSR count). The lowest BCUT2D eigenvalue weighted by Crippen LogP contribution is -2.46. The monoisotopic (exact) mass is 431 g/mol. The number of amides is 1. The number of hydrogen-bond acceptors (Lipinski definition) is 5. The zero-order chi connectivity index (χ0) is 22.1. The van der Waals surface area contributed by atoms with Gasteiger partial charge in [-0.2, -0.15) is 5.10 Å². The van der Waals surface area contributed by atoms with Crippen LogP contribution in [-0.2, 0) is 26.4 Å². The van der Waals surface area contributed by atoms with Crippen molar-refractivity contribution in [3.05, 3.63) is 77.0 Å². The number of hydrogen-bond donors (Lipinski definition) is 2. The Balaban J connectivity index is 1.22. The lowest BCUT2D eigenvalue weighted by atomic mass is 9.97. The molecule has 2 aliphatic heterocycles. The second kappa shape index (κ2) is 8.76. The second-order valence-electron chi connectivity index (χ2n) is 8.78. The molecule has 0 bridgehead atoms. The minimum Gasteiger partial charge on any atom is -0.390 e. The molecule has 0 saturated carbocycles. The minimum absolute atomic E-state index is 0.0149. The molecule has 7 nitrogen and oxygen atoms in total. The van der Waals surface area contributed by atoms with Crippen LogP contribution in [0, 0.1) is 0 Å². The summed E-state index contributed by atoms with van der Waals surface area (Å²) < 4.78 is 1.73. The fourth-order valence-electron chi connectivity index (χ4n) is 4.72. The van der Waals surface area contributed by atoms with Crippen LogP contribution < -0.4 is 5.32 Å². The van der Waals surface area contributed by atoms with Crippen LogP contribution in [-0.4, -0.2) is 62.9 Å². The van der Waals surface area contributed by atoms with E-state index < -0.39 is 6.10 Å². The summed E-state index contributed by atoms with van der Waals surface area (Å²) in [6, 6.07) is 16.3. The topological polar surface area (TPSA) is 73.6 Å². The molecule has 1 aromatic heterocycles. The van der Waals surface area contributed by atoms with Crippen LogP contribution in [0.25, 0.3) is 0 Å². The van der Waals surface area contributed by atoms with E-state index in [9.17, 15) is 9.90 Å². The molecule has 0 radical (unpaired) electrons. The molecule has 1 atom stereocenters. The fraction of sp³-hybridized carbons (Fsp3) is 0.360. The lowest BCUT2D eigenvalue weighted by molar-refractivity contribution is 0.0493. The van der Waals surface area contributed by atoms with Crippen LogP contribution in [0.15, 0.2) is 54.7 Å². The van der Waals surface area contributed by atoms with Gasteiger partial charge in [0.2, 0.25) is 0 Å². The van der Waals surface area contributed by atoms with Crippen LogP contribution >= 0.6 is 0 Å². The van der Waals surface area contributed by atoms with Crippen molar-refractivity contribution in [2.45, 2.75) is 25.5 Å². The number of benzene rings is 2. The molecule has 1 unspecified atom stereocenters. The summed E-state index contributed by atoms with van der Waals surface area (Å²) >= 11 is 0. The summed E-state index contributed by atoms with van der Waals surface area (Å²) in [7, 11) is 1.87. The molecule has 32 heavy (non-hydrogen) atoms. The van der Waals surface area contributed by atoms with Gasteiger partial charge in [-0.15, -0.1) is 0 Å². The molecule has 2 aliphatic rings. The number of aryl methyl sites for hydroxylation is 1. The van der Waals surface area contributed by atoms with Crippen LogP contribution in [0.3, 0.4) is 0 Å². The Morgan fingerprint density at radius 3 is 2.66 bits per heavy atom. The molecular formula is C25H29N5O2. The Bertz CT molecular complexity index is 1130. The van der Waals surface area contributed by atoms with Gasteiger partial charge in [0.25, 0.3) is 5.91 Å². The zero-order valence-electron chi connectivity index (χ0n) is 18.4. The summed E-state index contributed by atoms with van der Waals surface area (Å²) in [6.45, 7) is 3.36. The largest absolute Gasteiger partial charge is 0.390 e. The van der Waals surface area contributed by atoms with Gasteiger partial charge in [-0.1, -0.05) is 30.3 Å². The Kier molecular flexibility index (Phi) is 5.68. The van der Waals surface area contributed by atoms with Gasteiger partial charge in [-0.25, -0.2) is 0 Å². The van der Waals surface area contributed by atoms with E-state index in [4.69, 9.17) is 0 Å². The smallest absolute Gasteiger partial charge is 0.254 e. The van der Waals surface area contributed by atoms with Gasteiger partial charge in [0.05, 0.1) is 6.10 Å². The number of aliphatic hydroxyl groups excluding tert-OH is 1. The summed E-state index contributed by atoms with van der Waals surface area (Å²) in [5, 5.41) is 18.3. The fourth-order valence-corrected chi connectivity index (χ4v) is 4.72. The molecule has 7 heteroatoms. The number of β-amino-alcohol motifs (C(OH)–C–C–N with tert-alkyl or cyclic N) is 1. The summed E-state index contributed by atoms with van der Waals surface area (Å²) in [5.41, 5.74) is 5.33. The highest BCUT2D eigenvalue weighted by Gasteiger charge is 2.27. The van der Waals surface area contributed by atoms with Gasteiger partial charge in [0.1, 0.15) is 0 Å². The highest BCUT2D eigenvalue weighted by atomic mass is 16.3. The van der Waals surface area contributed by atoms with Crippen molar-refractivity contribution in [1.29, 1.82) is 0 Å². The zero-order valence-corrected chi connectivity index (χ0v) is 18.4. The molecule has 1 amide bonds. The molecule has 0 spiro atoms. The van der Waals surface area contributed by atoms with Crippen LogP contribution in [0.4, 0.5) is 11.5 Å². The van der Waals surface area contributed by atoms with E-state index in [1.54, 1.807) is 9.58 Å². The summed E-state index contributed by atoms with van der Waals surface area (Å²) in [6.07, 6.45) is 3.11. The van der Waals surface area contributed by atoms with Crippen molar-refractivity contribution in [3.8, 4) is 0 Å². The number of carbonyl (C=O) groups is 1. The van der Waals surface area contributed by atoms with Crippen molar-refractivity contribution in [2.75, 3.05) is 31.5 Å². The molecule has 3 heterocycles. The summed E-state index contributed by atoms with van der Waals surface area (Å²) in [4.78, 5) is 17.2. The highest BCUT2D eigenvalue weighted by molar-refractivity contribution is 5.97. The van der Waals surface area contributed by atoms with Crippen molar-refractivity contribution < 1.29 is 9.90 Å². The number of anilines is 2. The predicted molar refractivity (Wildman–Crippen MR) is 124 cm³/mol. The van der Waals surface area contributed by atoms with Gasteiger partial charge < -0.3 is 15.3 Å². The van der Waals surface area contributed by atoms with Crippen molar-refractivity contribution in [2.24, 2.45) is 7.05 Å². The Morgan fingerprint density at radius 2 is 1.84 bits per heavy atom. The van der Waals surface area contributed by atoms with Crippen molar-refractivity contribution in [1.82, 2.24) is 19.6 Å². The van der Waals surface area contributed by atoms with Crippen LogP contribution in [0.2, 0.25) is 0 Å². The molecule has 0 saturated heterocycles. The Labute approximate surface area is 188 Å². The number of fused-ring (bicyclic) bond motifs is 2. The maximum atomic E-state index is 13.2. The maximum Gasteiger partial charge on any atom is 0.254 e. The number of nitrogens with zero attached hydrogens (tertiary/aromatic N) is 4. The van der Waals surface area contributed by atoms with Gasteiger partial charge in [-0.3, -0.25) is 14.4 Å². The predicted octanol–water partition coefficient (Wildman–Crippen LogP) is 2.58. The number of nitrogens with one attached hydrogen (secondary N) is 1. The summed E-state index contributed by atoms with van der Waals surface area (Å²) in [5.74, 6) is 0.727.